The van der Waals surface area contributed by atoms with Crippen LogP contribution in [0.2, 0.25) is 0 Å². The number of hydrogen-bond acceptors (Lipinski definition) is 3. The van der Waals surface area contributed by atoms with Gasteiger partial charge in [-0.05, 0) is 18.4 Å². The predicted molar refractivity (Wildman–Crippen MR) is 55.5 cm³/mol. The van der Waals surface area contributed by atoms with E-state index in [1.165, 1.54) is 6.21 Å². The summed E-state index contributed by atoms with van der Waals surface area (Å²) in [5.41, 5.74) is 1.36. The van der Waals surface area contributed by atoms with E-state index in [0.717, 1.165) is 5.57 Å². The van der Waals surface area contributed by atoms with E-state index in [1.54, 1.807) is 0 Å². The summed E-state index contributed by atoms with van der Waals surface area (Å²) in [6.45, 7) is 5.84. The van der Waals surface area contributed by atoms with Crippen LogP contribution < -0.4 is 0 Å². The Morgan fingerprint density at radius 2 is 2.21 bits per heavy atom. The van der Waals surface area contributed by atoms with Crippen LogP contribution in [0.3, 0.4) is 0 Å². The lowest BCUT2D eigenvalue weighted by atomic mass is 9.82. The number of rotatable bonds is 2. The number of hydrogen-bond donors (Lipinski definition) is 1. The lowest BCUT2D eigenvalue weighted by Gasteiger charge is -2.20. The molecule has 0 aromatic heterocycles. The van der Waals surface area contributed by atoms with E-state index >= 15 is 0 Å². The summed E-state index contributed by atoms with van der Waals surface area (Å²) in [4.78, 5) is 11.9. The van der Waals surface area contributed by atoms with Gasteiger partial charge in [-0.1, -0.05) is 31.2 Å². The first-order valence-electron chi connectivity index (χ1n) is 4.68. The molecule has 0 aromatic carbocycles. The second-order valence-electron chi connectivity index (χ2n) is 3.83. The van der Waals surface area contributed by atoms with E-state index in [-0.39, 0.29) is 17.6 Å². The molecule has 1 aliphatic rings. The maximum Gasteiger partial charge on any atom is 0.171 e. The van der Waals surface area contributed by atoms with E-state index in [0.29, 0.717) is 5.57 Å². The highest BCUT2D eigenvalue weighted by atomic mass is 16.4. The Balaban J connectivity index is 3.03. The minimum Gasteiger partial charge on any atom is -0.411 e. The molecular weight excluding hydrogens is 178 g/mol. The average molecular weight is 193 g/mol. The summed E-state index contributed by atoms with van der Waals surface area (Å²) in [6.07, 6.45) is 5.04. The quantitative estimate of drug-likeness (QED) is 0.415. The first-order chi connectivity index (χ1) is 6.57. The third-order valence-corrected chi connectivity index (χ3v) is 2.45. The Labute approximate surface area is 83.8 Å². The van der Waals surface area contributed by atoms with Gasteiger partial charge in [0.25, 0.3) is 0 Å². The van der Waals surface area contributed by atoms with Gasteiger partial charge >= 0.3 is 0 Å². The highest BCUT2D eigenvalue weighted by molar-refractivity contribution is 6.16. The van der Waals surface area contributed by atoms with E-state index in [2.05, 4.69) is 5.16 Å². The normalized spacial score (nSPS) is 22.9. The van der Waals surface area contributed by atoms with Crippen molar-refractivity contribution in [2.75, 3.05) is 0 Å². The van der Waals surface area contributed by atoms with Crippen molar-refractivity contribution in [2.45, 2.75) is 20.8 Å². The molecule has 76 valence electrons. The van der Waals surface area contributed by atoms with E-state index in [4.69, 9.17) is 5.21 Å². The first-order valence-corrected chi connectivity index (χ1v) is 4.68. The molecule has 0 aliphatic heterocycles. The predicted octanol–water partition coefficient (Wildman–Crippen LogP) is 2.17. The van der Waals surface area contributed by atoms with Crippen molar-refractivity contribution in [3.63, 3.8) is 0 Å². The number of ketones is 1. The summed E-state index contributed by atoms with van der Waals surface area (Å²) in [6, 6.07) is 0. The zero-order valence-corrected chi connectivity index (χ0v) is 8.69. The Bertz CT molecular complexity index is 324. The SMILES string of the molecule is CC1=C(/C=N\O)C(=O)[C@@H](C(C)C)C=C1. The molecule has 1 N–H and O–H groups in total. The van der Waals surface area contributed by atoms with Crippen molar-refractivity contribution in [1.29, 1.82) is 0 Å². The van der Waals surface area contributed by atoms with Gasteiger partial charge in [0.05, 0.1) is 6.21 Å². The molecule has 1 aliphatic carbocycles. The fourth-order valence-electron chi connectivity index (χ4n) is 1.55. The van der Waals surface area contributed by atoms with Gasteiger partial charge in [0.15, 0.2) is 5.78 Å². The van der Waals surface area contributed by atoms with Crippen LogP contribution in [0.25, 0.3) is 0 Å². The van der Waals surface area contributed by atoms with Crippen LogP contribution in [0, 0.1) is 11.8 Å². The molecule has 14 heavy (non-hydrogen) atoms. The summed E-state index contributed by atoms with van der Waals surface area (Å²) in [7, 11) is 0. The Morgan fingerprint density at radius 1 is 1.57 bits per heavy atom. The largest absolute Gasteiger partial charge is 0.411 e. The van der Waals surface area contributed by atoms with Crippen molar-refractivity contribution < 1.29 is 10.0 Å². The molecule has 3 nitrogen and oxygen atoms in total. The molecule has 3 heteroatoms. The highest BCUT2D eigenvalue weighted by Crippen LogP contribution is 2.24. The zero-order chi connectivity index (χ0) is 10.7. The smallest absolute Gasteiger partial charge is 0.171 e. The molecule has 0 saturated carbocycles. The van der Waals surface area contributed by atoms with Crippen molar-refractivity contribution in [3.8, 4) is 0 Å². The first kappa shape index (κ1) is 10.7. The topological polar surface area (TPSA) is 49.7 Å². The van der Waals surface area contributed by atoms with Gasteiger partial charge in [0.1, 0.15) is 0 Å². The number of Topliss-reactive ketones (excluding diaryl/α,β-unsaturated/α-hetero) is 1. The van der Waals surface area contributed by atoms with Gasteiger partial charge in [-0.2, -0.15) is 0 Å². The third kappa shape index (κ3) is 1.92. The van der Waals surface area contributed by atoms with Gasteiger partial charge in [0.2, 0.25) is 0 Å². The van der Waals surface area contributed by atoms with Crippen LogP contribution in [0.15, 0.2) is 28.5 Å². The fraction of sp³-hybridized carbons (Fsp3) is 0.455. The number of carbonyl (C=O) groups is 1. The van der Waals surface area contributed by atoms with E-state index < -0.39 is 0 Å². The van der Waals surface area contributed by atoms with Crippen LogP contribution in [-0.4, -0.2) is 17.2 Å². The molecule has 0 unspecified atom stereocenters. The Kier molecular flexibility index (Phi) is 3.23. The number of allylic oxidation sites excluding steroid dienone is 4. The standard InChI is InChI=1S/C11H15NO2/c1-7(2)9-5-4-8(3)10(6-12-14)11(9)13/h4-7,9,14H,1-3H3/b12-6-/t9-/m1/s1. The third-order valence-electron chi connectivity index (χ3n) is 2.45. The molecule has 0 heterocycles. The second kappa shape index (κ2) is 4.22. The van der Waals surface area contributed by atoms with Gasteiger partial charge in [-0.25, -0.2) is 0 Å². The number of nitrogens with zero attached hydrogens (tertiary/aromatic N) is 1. The van der Waals surface area contributed by atoms with Gasteiger partial charge in [0, 0.05) is 11.5 Å². The van der Waals surface area contributed by atoms with E-state index in [1.807, 2.05) is 32.9 Å². The van der Waals surface area contributed by atoms with Crippen LogP contribution >= 0.6 is 0 Å². The van der Waals surface area contributed by atoms with Gasteiger partial charge in [-0.3, -0.25) is 4.79 Å². The fourth-order valence-corrected chi connectivity index (χ4v) is 1.55. The van der Waals surface area contributed by atoms with Crippen LogP contribution in [0.4, 0.5) is 0 Å². The zero-order valence-electron chi connectivity index (χ0n) is 8.69. The minimum absolute atomic E-state index is 0.0396. The minimum atomic E-state index is -0.0910. The van der Waals surface area contributed by atoms with E-state index in [9.17, 15) is 4.79 Å². The molecule has 1 atom stereocenters. The van der Waals surface area contributed by atoms with Crippen LogP contribution in [-0.2, 0) is 4.79 Å². The summed E-state index contributed by atoms with van der Waals surface area (Å²) in [5, 5.41) is 11.4. The summed E-state index contributed by atoms with van der Waals surface area (Å²) < 4.78 is 0. The molecular formula is C11H15NO2. The van der Waals surface area contributed by atoms with Crippen molar-refractivity contribution in [1.82, 2.24) is 0 Å². The molecule has 0 aromatic rings. The van der Waals surface area contributed by atoms with Crippen LogP contribution in [0.5, 0.6) is 0 Å². The molecule has 0 fully saturated rings. The maximum atomic E-state index is 11.9. The Morgan fingerprint density at radius 3 is 2.71 bits per heavy atom. The summed E-state index contributed by atoms with van der Waals surface area (Å²) in [5.74, 6) is 0.221. The van der Waals surface area contributed by atoms with Crippen molar-refractivity contribution >= 4 is 12.0 Å². The average Bonchev–Trinajstić information content (AvgIpc) is 2.11. The molecule has 0 spiro atoms. The van der Waals surface area contributed by atoms with Crippen molar-refractivity contribution in [3.05, 3.63) is 23.3 Å². The molecule has 1 rings (SSSR count). The Hall–Kier alpha value is -1.38. The molecule has 0 saturated heterocycles. The van der Waals surface area contributed by atoms with Crippen molar-refractivity contribution in [2.24, 2.45) is 17.0 Å². The molecule has 0 radical (unpaired) electrons. The lowest BCUT2D eigenvalue weighted by Crippen LogP contribution is -2.24. The van der Waals surface area contributed by atoms with Gasteiger partial charge < -0.3 is 5.21 Å². The highest BCUT2D eigenvalue weighted by Gasteiger charge is 2.25. The number of carbonyl (C=O) groups excluding carboxylic acids is 1. The molecule has 0 bridgehead atoms. The lowest BCUT2D eigenvalue weighted by molar-refractivity contribution is -0.118. The summed E-state index contributed by atoms with van der Waals surface area (Å²) >= 11 is 0. The maximum absolute atomic E-state index is 11.9. The second-order valence-corrected chi connectivity index (χ2v) is 3.83. The van der Waals surface area contributed by atoms with Gasteiger partial charge in [-0.15, -0.1) is 0 Å². The monoisotopic (exact) mass is 193 g/mol. The van der Waals surface area contributed by atoms with Crippen LogP contribution in [0.1, 0.15) is 20.8 Å². The molecule has 0 amide bonds. The number of oxime groups is 1.